The Morgan fingerprint density at radius 1 is 1.21 bits per heavy atom. The van der Waals surface area contributed by atoms with Crippen molar-refractivity contribution >= 4 is 5.97 Å². The van der Waals surface area contributed by atoms with Crippen molar-refractivity contribution < 1.29 is 9.90 Å². The molecule has 0 unspecified atom stereocenters. The topological polar surface area (TPSA) is 76.0 Å². The number of aromatic carboxylic acids is 1. The highest BCUT2D eigenvalue weighted by Crippen LogP contribution is 2.31. The summed E-state index contributed by atoms with van der Waals surface area (Å²) in [6, 6.07) is 4.76. The third-order valence-corrected chi connectivity index (χ3v) is 3.14. The minimum Gasteiger partial charge on any atom is -0.478 e. The summed E-state index contributed by atoms with van der Waals surface area (Å²) in [6.07, 6.45) is 6.59. The summed E-state index contributed by atoms with van der Waals surface area (Å²) in [5.41, 5.74) is 1.46. The van der Waals surface area contributed by atoms with Crippen molar-refractivity contribution in [3.8, 4) is 11.4 Å². The first-order valence-corrected chi connectivity index (χ1v) is 6.24. The van der Waals surface area contributed by atoms with Crippen LogP contribution in [0.5, 0.6) is 0 Å². The van der Waals surface area contributed by atoms with Gasteiger partial charge in [0.15, 0.2) is 0 Å². The van der Waals surface area contributed by atoms with E-state index in [9.17, 15) is 4.79 Å². The van der Waals surface area contributed by atoms with Gasteiger partial charge >= 0.3 is 5.97 Å². The van der Waals surface area contributed by atoms with Gasteiger partial charge in [0.25, 0.3) is 0 Å². The molecule has 0 saturated heterocycles. The molecule has 2 heterocycles. The molecule has 1 fully saturated rings. The van der Waals surface area contributed by atoms with Gasteiger partial charge in [-0.15, -0.1) is 0 Å². The van der Waals surface area contributed by atoms with Crippen molar-refractivity contribution in [3.63, 3.8) is 0 Å². The maximum absolute atomic E-state index is 10.9. The van der Waals surface area contributed by atoms with Crippen LogP contribution in [0.1, 0.15) is 29.0 Å². The summed E-state index contributed by atoms with van der Waals surface area (Å²) in [6.45, 7) is 0. The van der Waals surface area contributed by atoms with Gasteiger partial charge in [0.05, 0.1) is 17.0 Å². The molecule has 0 amide bonds. The van der Waals surface area contributed by atoms with E-state index in [2.05, 4.69) is 15.0 Å². The molecular weight excluding hydrogens is 242 g/mol. The number of carbonyl (C=O) groups is 1. The number of rotatable bonds is 4. The standard InChI is InChI=1S/C14H13N3O2/c18-14(19)10-3-5-15-12(8-10)11-4-6-16-13(17-11)7-9-1-2-9/h3-6,8-9H,1-2,7H2,(H,18,19). The van der Waals surface area contributed by atoms with Gasteiger partial charge in [0, 0.05) is 18.8 Å². The highest BCUT2D eigenvalue weighted by Gasteiger charge is 2.22. The molecule has 96 valence electrons. The van der Waals surface area contributed by atoms with E-state index in [4.69, 9.17) is 5.11 Å². The molecule has 0 aliphatic heterocycles. The maximum Gasteiger partial charge on any atom is 0.335 e. The number of aromatic nitrogens is 3. The third kappa shape index (κ3) is 2.76. The second-order valence-electron chi connectivity index (χ2n) is 4.74. The molecule has 2 aromatic rings. The smallest absolute Gasteiger partial charge is 0.335 e. The van der Waals surface area contributed by atoms with Crippen LogP contribution in [0.2, 0.25) is 0 Å². The van der Waals surface area contributed by atoms with Crippen LogP contribution in [0, 0.1) is 5.92 Å². The van der Waals surface area contributed by atoms with Crippen LogP contribution in [-0.4, -0.2) is 26.0 Å². The van der Waals surface area contributed by atoms with Crippen molar-refractivity contribution in [1.29, 1.82) is 0 Å². The molecule has 0 atom stereocenters. The summed E-state index contributed by atoms with van der Waals surface area (Å²) in [5.74, 6) is 0.562. The van der Waals surface area contributed by atoms with Gasteiger partial charge in [-0.25, -0.2) is 14.8 Å². The summed E-state index contributed by atoms with van der Waals surface area (Å²) >= 11 is 0. The molecule has 1 saturated carbocycles. The van der Waals surface area contributed by atoms with Gasteiger partial charge < -0.3 is 5.11 Å². The Kier molecular flexibility index (Phi) is 2.95. The Labute approximate surface area is 110 Å². The summed E-state index contributed by atoms with van der Waals surface area (Å²) in [4.78, 5) is 23.8. The molecule has 2 aromatic heterocycles. The second-order valence-corrected chi connectivity index (χ2v) is 4.74. The molecule has 0 bridgehead atoms. The molecular formula is C14H13N3O2. The molecule has 0 radical (unpaired) electrons. The van der Waals surface area contributed by atoms with Crippen molar-refractivity contribution in [2.75, 3.05) is 0 Å². The van der Waals surface area contributed by atoms with Gasteiger partial charge in [-0.2, -0.15) is 0 Å². The Hall–Kier alpha value is -2.30. The van der Waals surface area contributed by atoms with Gasteiger partial charge in [0.2, 0.25) is 0 Å². The van der Waals surface area contributed by atoms with Crippen molar-refractivity contribution in [1.82, 2.24) is 15.0 Å². The lowest BCUT2D eigenvalue weighted by Gasteiger charge is -2.03. The Balaban J connectivity index is 1.91. The molecule has 0 aromatic carbocycles. The number of hydrogen-bond donors (Lipinski definition) is 1. The van der Waals surface area contributed by atoms with Crippen LogP contribution in [0.3, 0.4) is 0 Å². The minimum atomic E-state index is -0.962. The van der Waals surface area contributed by atoms with E-state index in [0.29, 0.717) is 17.3 Å². The van der Waals surface area contributed by atoms with E-state index >= 15 is 0 Å². The fourth-order valence-electron chi connectivity index (χ4n) is 1.92. The van der Waals surface area contributed by atoms with Crippen LogP contribution in [0.25, 0.3) is 11.4 Å². The van der Waals surface area contributed by atoms with Crippen molar-refractivity contribution in [3.05, 3.63) is 42.0 Å². The molecule has 0 spiro atoms. The molecule has 1 aliphatic carbocycles. The SMILES string of the molecule is O=C(O)c1ccnc(-c2ccnc(CC3CC3)n2)c1. The van der Waals surface area contributed by atoms with E-state index < -0.39 is 5.97 Å². The van der Waals surface area contributed by atoms with Crippen molar-refractivity contribution in [2.45, 2.75) is 19.3 Å². The van der Waals surface area contributed by atoms with E-state index in [1.807, 2.05) is 0 Å². The normalized spacial score (nSPS) is 14.3. The Morgan fingerprint density at radius 2 is 2.00 bits per heavy atom. The lowest BCUT2D eigenvalue weighted by atomic mass is 10.2. The largest absolute Gasteiger partial charge is 0.478 e. The first-order chi connectivity index (χ1) is 9.22. The second kappa shape index (κ2) is 4.76. The highest BCUT2D eigenvalue weighted by atomic mass is 16.4. The zero-order valence-corrected chi connectivity index (χ0v) is 10.3. The van der Waals surface area contributed by atoms with E-state index in [1.54, 1.807) is 12.3 Å². The summed E-state index contributed by atoms with van der Waals surface area (Å²) in [7, 11) is 0. The van der Waals surface area contributed by atoms with Crippen LogP contribution in [0.15, 0.2) is 30.6 Å². The number of carboxylic acids is 1. The van der Waals surface area contributed by atoms with E-state index in [1.165, 1.54) is 31.2 Å². The first-order valence-electron chi connectivity index (χ1n) is 6.24. The zero-order chi connectivity index (χ0) is 13.2. The third-order valence-electron chi connectivity index (χ3n) is 3.14. The number of nitrogens with zero attached hydrogens (tertiary/aromatic N) is 3. The van der Waals surface area contributed by atoms with Crippen LogP contribution < -0.4 is 0 Å². The first kappa shape index (κ1) is 11.8. The highest BCUT2D eigenvalue weighted by molar-refractivity contribution is 5.88. The molecule has 5 heteroatoms. The molecule has 1 aliphatic rings. The van der Waals surface area contributed by atoms with E-state index in [-0.39, 0.29) is 5.56 Å². The molecule has 3 rings (SSSR count). The fraction of sp³-hybridized carbons (Fsp3) is 0.286. The average Bonchev–Trinajstić information content (AvgIpc) is 3.23. The summed E-state index contributed by atoms with van der Waals surface area (Å²) in [5, 5.41) is 8.98. The van der Waals surface area contributed by atoms with Gasteiger partial charge in [-0.05, 0) is 37.0 Å². The number of carboxylic acid groups (broad SMARTS) is 1. The maximum atomic E-state index is 10.9. The monoisotopic (exact) mass is 255 g/mol. The Morgan fingerprint density at radius 3 is 2.74 bits per heavy atom. The number of hydrogen-bond acceptors (Lipinski definition) is 4. The van der Waals surface area contributed by atoms with Gasteiger partial charge in [-0.3, -0.25) is 4.98 Å². The predicted molar refractivity (Wildman–Crippen MR) is 68.7 cm³/mol. The minimum absolute atomic E-state index is 0.215. The van der Waals surface area contributed by atoms with Gasteiger partial charge in [0.1, 0.15) is 5.82 Å². The van der Waals surface area contributed by atoms with Crippen LogP contribution in [0.4, 0.5) is 0 Å². The zero-order valence-electron chi connectivity index (χ0n) is 10.3. The van der Waals surface area contributed by atoms with Gasteiger partial charge in [-0.1, -0.05) is 0 Å². The summed E-state index contributed by atoms with van der Waals surface area (Å²) < 4.78 is 0. The van der Waals surface area contributed by atoms with Crippen LogP contribution >= 0.6 is 0 Å². The van der Waals surface area contributed by atoms with E-state index in [0.717, 1.165) is 12.2 Å². The lowest BCUT2D eigenvalue weighted by molar-refractivity contribution is 0.0697. The quantitative estimate of drug-likeness (QED) is 0.906. The average molecular weight is 255 g/mol. The predicted octanol–water partition coefficient (Wildman–Crippen LogP) is 2.19. The molecule has 1 N–H and O–H groups in total. The Bertz CT molecular complexity index is 624. The molecule has 19 heavy (non-hydrogen) atoms. The molecule has 5 nitrogen and oxygen atoms in total. The van der Waals surface area contributed by atoms with Crippen LogP contribution in [-0.2, 0) is 6.42 Å². The number of pyridine rings is 1. The lowest BCUT2D eigenvalue weighted by Crippen LogP contribution is -2.00. The van der Waals surface area contributed by atoms with Crippen molar-refractivity contribution in [2.24, 2.45) is 5.92 Å². The fourth-order valence-corrected chi connectivity index (χ4v) is 1.92.